The summed E-state index contributed by atoms with van der Waals surface area (Å²) in [6.07, 6.45) is 6.97. The largest absolute Gasteiger partial charge is 0.348 e. The van der Waals surface area contributed by atoms with Crippen LogP contribution in [0.5, 0.6) is 0 Å². The second kappa shape index (κ2) is 6.41. The quantitative estimate of drug-likeness (QED) is 0.930. The summed E-state index contributed by atoms with van der Waals surface area (Å²) in [6.45, 7) is 10.8. The van der Waals surface area contributed by atoms with Crippen molar-refractivity contribution in [1.29, 1.82) is 0 Å². The van der Waals surface area contributed by atoms with Crippen LogP contribution in [0.1, 0.15) is 43.8 Å². The van der Waals surface area contributed by atoms with E-state index in [4.69, 9.17) is 4.98 Å². The number of aryl methyl sites for hydroxylation is 1. The maximum Gasteiger partial charge on any atom is 0.225 e. The fraction of sp³-hybridized carbons (Fsp3) is 0.632. The number of nitrogens with zero attached hydrogens (tertiary/aromatic N) is 5. The zero-order chi connectivity index (χ0) is 17.4. The molecule has 0 bridgehead atoms. The van der Waals surface area contributed by atoms with Crippen LogP contribution in [-0.2, 0) is 12.0 Å². The molecule has 6 heteroatoms. The summed E-state index contributed by atoms with van der Waals surface area (Å²) in [5.41, 5.74) is 3.71. The van der Waals surface area contributed by atoms with Gasteiger partial charge in [0, 0.05) is 50.2 Å². The van der Waals surface area contributed by atoms with E-state index in [0.29, 0.717) is 5.92 Å². The molecule has 0 amide bonds. The Hall–Kier alpha value is -1.95. The molecular weight excluding hydrogens is 312 g/mol. The summed E-state index contributed by atoms with van der Waals surface area (Å²) in [6, 6.07) is 1.95. The molecule has 1 fully saturated rings. The third-order valence-corrected chi connectivity index (χ3v) is 5.64. The summed E-state index contributed by atoms with van der Waals surface area (Å²) in [4.78, 5) is 22.2. The smallest absolute Gasteiger partial charge is 0.225 e. The molecule has 25 heavy (non-hydrogen) atoms. The Balaban J connectivity index is 1.60. The number of H-pyrrole nitrogens is 1. The molecule has 2 aromatic heterocycles. The van der Waals surface area contributed by atoms with Crippen LogP contribution in [0.4, 0.5) is 5.95 Å². The number of fused-ring (bicyclic) bond motifs is 2. The van der Waals surface area contributed by atoms with Gasteiger partial charge in [-0.1, -0.05) is 13.8 Å². The average Bonchev–Trinajstić information content (AvgIpc) is 3.08. The number of nitrogens with one attached hydrogen (secondary N) is 1. The molecule has 134 valence electrons. The second-order valence-electron chi connectivity index (χ2n) is 7.84. The van der Waals surface area contributed by atoms with Crippen molar-refractivity contribution >= 4 is 5.95 Å². The summed E-state index contributed by atoms with van der Waals surface area (Å²) >= 11 is 0. The Morgan fingerprint density at radius 2 is 2.00 bits per heavy atom. The van der Waals surface area contributed by atoms with Crippen LogP contribution in [0.15, 0.2) is 18.6 Å². The predicted molar refractivity (Wildman–Crippen MR) is 98.6 cm³/mol. The number of hydrogen-bond acceptors (Lipinski definition) is 5. The van der Waals surface area contributed by atoms with E-state index in [-0.39, 0.29) is 5.54 Å². The van der Waals surface area contributed by atoms with E-state index in [1.165, 1.54) is 11.4 Å². The summed E-state index contributed by atoms with van der Waals surface area (Å²) in [5.74, 6) is 1.53. The van der Waals surface area contributed by atoms with Crippen LogP contribution >= 0.6 is 0 Å². The standard InChI is InChI=1S/C19H28N6/c1-14(2)12-25-9-5-16-17(22-13-21-16)19(25)6-10-24(11-7-19)18-20-8-4-15(3)23-18/h4,8,13-14H,5-7,9-12H2,1-3H3,(H,21,22). The Labute approximate surface area is 149 Å². The fourth-order valence-electron chi connectivity index (χ4n) is 4.45. The number of rotatable bonds is 3. The lowest BCUT2D eigenvalue weighted by atomic mass is 9.78. The highest BCUT2D eigenvalue weighted by Gasteiger charge is 2.46. The van der Waals surface area contributed by atoms with Gasteiger partial charge >= 0.3 is 0 Å². The van der Waals surface area contributed by atoms with Crippen LogP contribution in [0.25, 0.3) is 0 Å². The Morgan fingerprint density at radius 1 is 1.20 bits per heavy atom. The van der Waals surface area contributed by atoms with Gasteiger partial charge in [-0.05, 0) is 31.7 Å². The van der Waals surface area contributed by atoms with Gasteiger partial charge in [-0.25, -0.2) is 15.0 Å². The molecule has 1 saturated heterocycles. The van der Waals surface area contributed by atoms with E-state index in [2.05, 4.69) is 38.6 Å². The molecule has 0 unspecified atom stereocenters. The second-order valence-corrected chi connectivity index (χ2v) is 7.84. The third kappa shape index (κ3) is 2.92. The normalized spacial score (nSPS) is 20.2. The molecule has 0 aromatic carbocycles. The number of aromatic nitrogens is 4. The van der Waals surface area contributed by atoms with Crippen molar-refractivity contribution in [2.75, 3.05) is 31.1 Å². The maximum absolute atomic E-state index is 4.76. The van der Waals surface area contributed by atoms with Crippen LogP contribution in [-0.4, -0.2) is 51.0 Å². The number of imidazole rings is 1. The minimum atomic E-state index is 0.0676. The van der Waals surface area contributed by atoms with E-state index in [1.54, 1.807) is 0 Å². The number of piperidine rings is 1. The lowest BCUT2D eigenvalue weighted by Gasteiger charge is -2.51. The first kappa shape index (κ1) is 16.5. The van der Waals surface area contributed by atoms with E-state index in [1.807, 2.05) is 25.5 Å². The number of hydrogen-bond donors (Lipinski definition) is 1. The van der Waals surface area contributed by atoms with E-state index in [9.17, 15) is 0 Å². The van der Waals surface area contributed by atoms with E-state index in [0.717, 1.165) is 57.1 Å². The summed E-state index contributed by atoms with van der Waals surface area (Å²) < 4.78 is 0. The van der Waals surface area contributed by atoms with Crippen molar-refractivity contribution in [3.05, 3.63) is 35.7 Å². The SMILES string of the molecule is Cc1ccnc(N2CCC3(CC2)c2nc[nH]c2CCN3CC(C)C)n1. The first-order valence-electron chi connectivity index (χ1n) is 9.41. The zero-order valence-corrected chi connectivity index (χ0v) is 15.5. The molecule has 0 aliphatic carbocycles. The van der Waals surface area contributed by atoms with Gasteiger partial charge < -0.3 is 9.88 Å². The zero-order valence-electron chi connectivity index (χ0n) is 15.5. The molecule has 4 rings (SSSR count). The molecule has 0 atom stereocenters. The van der Waals surface area contributed by atoms with Crippen molar-refractivity contribution in [3.8, 4) is 0 Å². The van der Waals surface area contributed by atoms with Crippen LogP contribution in [0, 0.1) is 12.8 Å². The molecule has 6 nitrogen and oxygen atoms in total. The monoisotopic (exact) mass is 340 g/mol. The first-order valence-corrected chi connectivity index (χ1v) is 9.41. The number of anilines is 1. The molecule has 0 saturated carbocycles. The minimum Gasteiger partial charge on any atom is -0.348 e. The highest BCUT2D eigenvalue weighted by Crippen LogP contribution is 2.42. The fourth-order valence-corrected chi connectivity index (χ4v) is 4.45. The van der Waals surface area contributed by atoms with Crippen molar-refractivity contribution in [3.63, 3.8) is 0 Å². The third-order valence-electron chi connectivity index (χ3n) is 5.64. The molecule has 4 heterocycles. The lowest BCUT2D eigenvalue weighted by molar-refractivity contribution is 0.0340. The predicted octanol–water partition coefficient (Wildman–Crippen LogP) is 2.52. The van der Waals surface area contributed by atoms with Crippen LogP contribution in [0.2, 0.25) is 0 Å². The van der Waals surface area contributed by atoms with Crippen molar-refractivity contribution in [2.45, 2.75) is 45.6 Å². The van der Waals surface area contributed by atoms with Crippen molar-refractivity contribution in [2.24, 2.45) is 5.92 Å². The van der Waals surface area contributed by atoms with E-state index < -0.39 is 0 Å². The van der Waals surface area contributed by atoms with Gasteiger partial charge in [-0.15, -0.1) is 0 Å². The molecule has 2 aliphatic rings. The van der Waals surface area contributed by atoms with E-state index >= 15 is 0 Å². The molecule has 2 aromatic rings. The van der Waals surface area contributed by atoms with Gasteiger partial charge in [-0.2, -0.15) is 0 Å². The van der Waals surface area contributed by atoms with Gasteiger partial charge in [0.1, 0.15) is 0 Å². The van der Waals surface area contributed by atoms with Gasteiger partial charge in [0.15, 0.2) is 0 Å². The van der Waals surface area contributed by atoms with Crippen LogP contribution < -0.4 is 4.90 Å². The van der Waals surface area contributed by atoms with Crippen molar-refractivity contribution < 1.29 is 0 Å². The molecule has 1 spiro atoms. The topological polar surface area (TPSA) is 60.9 Å². The van der Waals surface area contributed by atoms with Crippen molar-refractivity contribution in [1.82, 2.24) is 24.8 Å². The Bertz CT molecular complexity index is 729. The van der Waals surface area contributed by atoms with Crippen LogP contribution in [0.3, 0.4) is 0 Å². The lowest BCUT2D eigenvalue weighted by Crippen LogP contribution is -2.57. The number of aromatic amines is 1. The van der Waals surface area contributed by atoms with Gasteiger partial charge in [0.2, 0.25) is 5.95 Å². The molecular formula is C19H28N6. The highest BCUT2D eigenvalue weighted by molar-refractivity contribution is 5.35. The average molecular weight is 340 g/mol. The Kier molecular flexibility index (Phi) is 4.23. The molecule has 0 radical (unpaired) electrons. The maximum atomic E-state index is 4.76. The Morgan fingerprint density at radius 3 is 2.72 bits per heavy atom. The summed E-state index contributed by atoms with van der Waals surface area (Å²) in [5, 5.41) is 0. The molecule has 2 aliphatic heterocycles. The van der Waals surface area contributed by atoms with Gasteiger partial charge in [0.05, 0.1) is 17.6 Å². The first-order chi connectivity index (χ1) is 12.1. The molecule has 1 N–H and O–H groups in total. The van der Waals surface area contributed by atoms with Gasteiger partial charge in [0.25, 0.3) is 0 Å². The summed E-state index contributed by atoms with van der Waals surface area (Å²) in [7, 11) is 0. The van der Waals surface area contributed by atoms with Gasteiger partial charge in [-0.3, -0.25) is 4.90 Å². The highest BCUT2D eigenvalue weighted by atomic mass is 15.3. The minimum absolute atomic E-state index is 0.0676.